The highest BCUT2D eigenvalue weighted by atomic mass is 32.1. The van der Waals surface area contributed by atoms with E-state index < -0.39 is 41.1 Å². The van der Waals surface area contributed by atoms with E-state index in [2.05, 4.69) is 35.9 Å². The molecular weight excluding hydrogens is 1130 g/mol. The first-order valence-corrected chi connectivity index (χ1v) is 30.4. The number of carbonyl (C=O) groups excluding carboxylic acids is 4. The fourth-order valence-corrected chi connectivity index (χ4v) is 11.6. The smallest absolute Gasteiger partial charge is 0.246 e. The molecule has 3 saturated heterocycles. The Bertz CT molecular complexity index is 3200. The molecule has 3 atom stereocenters. The Morgan fingerprint density at radius 2 is 1.49 bits per heavy atom. The summed E-state index contributed by atoms with van der Waals surface area (Å²) < 4.78 is 60.7. The second kappa shape index (κ2) is 30.7. The van der Waals surface area contributed by atoms with Gasteiger partial charge in [-0.3, -0.25) is 38.6 Å². The third kappa shape index (κ3) is 17.5. The minimum Gasteiger partial charge on any atom is -0.391 e. The van der Waals surface area contributed by atoms with Crippen molar-refractivity contribution in [3.63, 3.8) is 0 Å². The van der Waals surface area contributed by atoms with Crippen LogP contribution < -0.4 is 16.0 Å². The van der Waals surface area contributed by atoms with Crippen LogP contribution in [0.3, 0.4) is 0 Å². The van der Waals surface area contributed by atoms with Crippen LogP contribution in [-0.4, -0.2) is 198 Å². The van der Waals surface area contributed by atoms with Crippen molar-refractivity contribution in [3.05, 3.63) is 107 Å². The van der Waals surface area contributed by atoms with Crippen LogP contribution in [0.4, 0.5) is 8.78 Å². The largest absolute Gasteiger partial charge is 0.391 e. The molecule has 0 saturated carbocycles. The SMILES string of the molecule is Cc1ncsc1-c1ccc(CNC(=O)[C@@H]2C[C@@H](O)CN2C(=O)[C@@H](NC(=O)CCOCCOCCOCCOCCNC(=O)CN2CCC(n3cc(-c4cnc5cccc(-c6cc(F)c(CN7CCOCC7)c(F)c6)c5n4)cn3)CC2)C(C)(C)C)cc1. The van der Waals surface area contributed by atoms with Crippen molar-refractivity contribution in [2.24, 2.45) is 5.41 Å². The number of thiazole rings is 1. The Balaban J connectivity index is 0.590. The first kappa shape index (κ1) is 63.8. The summed E-state index contributed by atoms with van der Waals surface area (Å²) >= 11 is 1.57. The highest BCUT2D eigenvalue weighted by molar-refractivity contribution is 7.13. The molecule has 4 N–H and O–H groups in total. The molecule has 6 aromatic rings. The number of benzene rings is 3. The predicted octanol–water partition coefficient (Wildman–Crippen LogP) is 5.72. The number of nitrogens with one attached hydrogen (secondary N) is 3. The molecule has 462 valence electrons. The maximum Gasteiger partial charge on any atom is 0.246 e. The van der Waals surface area contributed by atoms with Gasteiger partial charge in [0.25, 0.3) is 0 Å². The highest BCUT2D eigenvalue weighted by Gasteiger charge is 2.44. The summed E-state index contributed by atoms with van der Waals surface area (Å²) in [5.41, 5.74) is 7.53. The van der Waals surface area contributed by atoms with Gasteiger partial charge in [-0.15, -0.1) is 11.3 Å². The summed E-state index contributed by atoms with van der Waals surface area (Å²) in [5.74, 6) is -2.46. The molecule has 0 unspecified atom stereocenters. The van der Waals surface area contributed by atoms with Gasteiger partial charge in [0.1, 0.15) is 23.7 Å². The lowest BCUT2D eigenvalue weighted by molar-refractivity contribution is -0.144. The Labute approximate surface area is 504 Å². The average molecular weight is 1210 g/mol. The number of likely N-dealkylation sites (tertiary alicyclic amines) is 2. The molecule has 0 radical (unpaired) electrons. The lowest BCUT2D eigenvalue weighted by atomic mass is 9.85. The number of morpholine rings is 1. The lowest BCUT2D eigenvalue weighted by Gasteiger charge is -2.35. The Kier molecular flexibility index (Phi) is 22.8. The standard InChI is InChI=1S/C62H79F2N11O10S/c1-41-58(86-40-68-41)43-10-8-42(9-11-43)33-67-60(79)54-32-47(76)37-74(54)61(80)59(62(2,3)4)71-55(77)14-20-81-24-26-84-28-29-85-27-25-82-21-15-65-56(78)39-72-16-12-46(13-17-72)75-36-45(34-69-75)53-35-66-52-7-5-6-48(57(52)70-53)44-30-50(63)49(51(64)31-44)38-73-18-22-83-23-19-73/h5-11,30-31,34-36,40,46-47,54,59,76H,12-29,32-33,37-39H2,1-4H3,(H,65,78)(H,67,79)(H,71,77)/t47-,54+,59-/m1/s1. The van der Waals surface area contributed by atoms with Gasteiger partial charge in [-0.2, -0.15) is 5.10 Å². The number of amides is 4. The van der Waals surface area contributed by atoms with E-state index in [9.17, 15) is 24.3 Å². The molecule has 6 heterocycles. The van der Waals surface area contributed by atoms with Crippen molar-refractivity contribution in [1.82, 2.24) is 55.4 Å². The lowest BCUT2D eigenvalue weighted by Crippen LogP contribution is -2.57. The Morgan fingerprint density at radius 1 is 0.802 bits per heavy atom. The van der Waals surface area contributed by atoms with Crippen LogP contribution in [0.15, 0.2) is 78.7 Å². The number of fused-ring (bicyclic) bond motifs is 1. The van der Waals surface area contributed by atoms with E-state index in [4.69, 9.17) is 28.7 Å². The molecule has 3 aliphatic heterocycles. The van der Waals surface area contributed by atoms with E-state index in [1.54, 1.807) is 35.9 Å². The molecule has 9 rings (SSSR count). The minimum absolute atomic E-state index is 0.0110. The third-order valence-corrected chi connectivity index (χ3v) is 16.6. The number of ether oxygens (including phenoxy) is 5. The first-order chi connectivity index (χ1) is 41.6. The van der Waals surface area contributed by atoms with Crippen LogP contribution in [0.1, 0.15) is 69.3 Å². The van der Waals surface area contributed by atoms with Gasteiger partial charge in [-0.05, 0) is 60.1 Å². The number of aliphatic hydroxyl groups excluding tert-OH is 1. The van der Waals surface area contributed by atoms with Crippen molar-refractivity contribution in [2.45, 2.75) is 90.7 Å². The fourth-order valence-electron chi connectivity index (χ4n) is 10.8. The maximum atomic E-state index is 15.4. The van der Waals surface area contributed by atoms with Crippen LogP contribution >= 0.6 is 11.3 Å². The number of halogens is 2. The van der Waals surface area contributed by atoms with E-state index in [1.165, 1.54) is 17.0 Å². The van der Waals surface area contributed by atoms with Crippen LogP contribution in [0, 0.1) is 24.0 Å². The summed E-state index contributed by atoms with van der Waals surface area (Å²) in [6.45, 7) is 14.7. The molecule has 3 aromatic heterocycles. The van der Waals surface area contributed by atoms with E-state index in [0.29, 0.717) is 100 Å². The molecule has 0 bridgehead atoms. The number of hydrogen-bond donors (Lipinski definition) is 4. The van der Waals surface area contributed by atoms with Crippen molar-refractivity contribution < 1.29 is 56.7 Å². The van der Waals surface area contributed by atoms with E-state index >= 15 is 8.78 Å². The van der Waals surface area contributed by atoms with Gasteiger partial charge < -0.3 is 49.6 Å². The molecule has 3 fully saturated rings. The topological polar surface area (TPSA) is 237 Å². The minimum atomic E-state index is -0.944. The van der Waals surface area contributed by atoms with Gasteiger partial charge in [0.2, 0.25) is 23.6 Å². The van der Waals surface area contributed by atoms with Gasteiger partial charge in [0, 0.05) is 88.1 Å². The van der Waals surface area contributed by atoms with Crippen LogP contribution in [0.5, 0.6) is 0 Å². The Morgan fingerprint density at radius 3 is 2.16 bits per heavy atom. The molecular formula is C62H79F2N11O10S. The number of nitrogens with zero attached hydrogens (tertiary/aromatic N) is 8. The molecule has 3 aliphatic rings. The zero-order chi connectivity index (χ0) is 60.6. The first-order valence-electron chi connectivity index (χ1n) is 29.5. The molecule has 24 heteroatoms. The summed E-state index contributed by atoms with van der Waals surface area (Å²) in [5, 5.41) is 23.9. The zero-order valence-corrected chi connectivity index (χ0v) is 50.3. The van der Waals surface area contributed by atoms with Gasteiger partial charge in [-0.25, -0.2) is 18.7 Å². The van der Waals surface area contributed by atoms with Crippen molar-refractivity contribution in [3.8, 4) is 32.8 Å². The van der Waals surface area contributed by atoms with E-state index in [1.807, 2.05) is 79.3 Å². The number of β-amino-alcohol motifs (C(OH)–C–C–N with tert-alkyl or cyclic N) is 1. The van der Waals surface area contributed by atoms with E-state index in [-0.39, 0.29) is 81.6 Å². The van der Waals surface area contributed by atoms with Crippen molar-refractivity contribution >= 4 is 46.0 Å². The number of hydrogen-bond acceptors (Lipinski definition) is 17. The second-order valence-corrected chi connectivity index (χ2v) is 23.8. The summed E-state index contributed by atoms with van der Waals surface area (Å²) in [7, 11) is 0. The van der Waals surface area contributed by atoms with Crippen LogP contribution in [0.2, 0.25) is 0 Å². The highest BCUT2D eigenvalue weighted by Crippen LogP contribution is 2.33. The molecule has 3 aromatic carbocycles. The number of aromatic nitrogens is 5. The van der Waals surface area contributed by atoms with Gasteiger partial charge in [0.05, 0.1) is 130 Å². The Hall–Kier alpha value is -6.74. The van der Waals surface area contributed by atoms with Crippen molar-refractivity contribution in [1.29, 1.82) is 0 Å². The van der Waals surface area contributed by atoms with Crippen molar-refractivity contribution in [2.75, 3.05) is 112 Å². The number of aryl methyl sites for hydroxylation is 1. The molecule has 0 spiro atoms. The van der Waals surface area contributed by atoms with Crippen LogP contribution in [0.25, 0.3) is 43.9 Å². The van der Waals surface area contributed by atoms with Crippen LogP contribution in [-0.2, 0) is 56.0 Å². The summed E-state index contributed by atoms with van der Waals surface area (Å²) in [4.78, 5) is 73.7. The number of para-hydroxylation sites is 1. The monoisotopic (exact) mass is 1210 g/mol. The maximum absolute atomic E-state index is 15.4. The third-order valence-electron chi connectivity index (χ3n) is 15.6. The average Bonchev–Trinajstić information content (AvgIpc) is 1.58. The number of piperidine rings is 1. The number of carbonyl (C=O) groups is 4. The fraction of sp³-hybridized carbons (Fsp3) is 0.516. The number of aliphatic hydroxyl groups is 1. The molecule has 0 aliphatic carbocycles. The summed E-state index contributed by atoms with van der Waals surface area (Å²) in [6, 6.07) is 14.3. The van der Waals surface area contributed by atoms with Gasteiger partial charge in [-0.1, -0.05) is 57.2 Å². The van der Waals surface area contributed by atoms with Gasteiger partial charge in [0.15, 0.2) is 0 Å². The van der Waals surface area contributed by atoms with Gasteiger partial charge >= 0.3 is 0 Å². The quantitative estimate of drug-likeness (QED) is 0.0430. The predicted molar refractivity (Wildman–Crippen MR) is 319 cm³/mol. The normalized spacial score (nSPS) is 17.5. The molecule has 86 heavy (non-hydrogen) atoms. The van der Waals surface area contributed by atoms with E-state index in [0.717, 1.165) is 53.2 Å². The second-order valence-electron chi connectivity index (χ2n) is 22.9. The number of rotatable bonds is 28. The molecule has 21 nitrogen and oxygen atoms in total. The molecule has 4 amide bonds. The summed E-state index contributed by atoms with van der Waals surface area (Å²) in [6.07, 6.45) is 6.23. The zero-order valence-electron chi connectivity index (χ0n) is 49.4.